The van der Waals surface area contributed by atoms with E-state index in [0.29, 0.717) is 0 Å². The first-order valence-electron chi connectivity index (χ1n) is 6.81. The van der Waals surface area contributed by atoms with E-state index in [2.05, 4.69) is 10.3 Å². The second kappa shape index (κ2) is 5.40. The summed E-state index contributed by atoms with van der Waals surface area (Å²) in [6.45, 7) is 1.80. The summed E-state index contributed by atoms with van der Waals surface area (Å²) in [6, 6.07) is 15.0. The molecule has 0 radical (unpaired) electrons. The van der Waals surface area contributed by atoms with Crippen LogP contribution in [0.2, 0.25) is 0 Å². The molecular weight excluding hydrogens is 264 g/mol. The summed E-state index contributed by atoms with van der Waals surface area (Å²) in [7, 11) is 1.64. The molecule has 3 rings (SSSR count). The third-order valence-electron chi connectivity index (χ3n) is 3.51. The molecule has 0 unspecified atom stereocenters. The molecule has 0 saturated carbocycles. The fourth-order valence-electron chi connectivity index (χ4n) is 2.34. The van der Waals surface area contributed by atoms with Crippen LogP contribution >= 0.6 is 0 Å². The zero-order valence-electron chi connectivity index (χ0n) is 12.0. The molecule has 21 heavy (non-hydrogen) atoms. The van der Waals surface area contributed by atoms with Crippen molar-refractivity contribution in [3.05, 3.63) is 59.7 Å². The van der Waals surface area contributed by atoms with Crippen LogP contribution in [-0.4, -0.2) is 24.8 Å². The van der Waals surface area contributed by atoms with Crippen molar-refractivity contribution in [1.29, 1.82) is 0 Å². The van der Waals surface area contributed by atoms with Crippen molar-refractivity contribution in [2.24, 2.45) is 4.99 Å². The van der Waals surface area contributed by atoms with E-state index in [1.54, 1.807) is 14.0 Å². The van der Waals surface area contributed by atoms with E-state index in [9.17, 15) is 4.79 Å². The van der Waals surface area contributed by atoms with Gasteiger partial charge in [-0.15, -0.1) is 0 Å². The molecule has 0 bridgehead atoms. The Bertz CT molecular complexity index is 705. The summed E-state index contributed by atoms with van der Waals surface area (Å²) >= 11 is 0. The minimum absolute atomic E-state index is 0.0917. The van der Waals surface area contributed by atoms with E-state index in [-0.39, 0.29) is 5.91 Å². The lowest BCUT2D eigenvalue weighted by atomic mass is 10.0. The second-order valence-electron chi connectivity index (χ2n) is 4.92. The molecule has 1 atom stereocenters. The van der Waals surface area contributed by atoms with Crippen molar-refractivity contribution in [1.82, 2.24) is 0 Å². The van der Waals surface area contributed by atoms with Gasteiger partial charge in [-0.3, -0.25) is 9.79 Å². The highest BCUT2D eigenvalue weighted by Crippen LogP contribution is 2.24. The number of carbonyl (C=O) groups excluding carboxylic acids is 1. The predicted octanol–water partition coefficient (Wildman–Crippen LogP) is 2.87. The number of anilines is 1. The quantitative estimate of drug-likeness (QED) is 0.919. The molecule has 4 heteroatoms. The Hall–Kier alpha value is -2.62. The van der Waals surface area contributed by atoms with Gasteiger partial charge in [0.2, 0.25) is 5.91 Å². The largest absolute Gasteiger partial charge is 0.497 e. The molecule has 1 N–H and O–H groups in total. The van der Waals surface area contributed by atoms with E-state index in [1.807, 2.05) is 48.5 Å². The first-order chi connectivity index (χ1) is 10.2. The van der Waals surface area contributed by atoms with E-state index >= 15 is 0 Å². The Kier molecular flexibility index (Phi) is 3.44. The average molecular weight is 280 g/mol. The number of amides is 1. The maximum absolute atomic E-state index is 12.0. The van der Waals surface area contributed by atoms with Crippen LogP contribution in [0.25, 0.3) is 0 Å². The Balaban J connectivity index is 2.13. The SMILES string of the molecule is COc1ccc(C2=N[C@@H](C)C(=O)Nc3ccccc32)cc1. The van der Waals surface area contributed by atoms with Gasteiger partial charge in [0.1, 0.15) is 11.8 Å². The number of rotatable bonds is 2. The number of aliphatic imine (C=N–C) groups is 1. The lowest BCUT2D eigenvalue weighted by Crippen LogP contribution is -2.22. The average Bonchev–Trinajstić information content (AvgIpc) is 2.65. The Morgan fingerprint density at radius 1 is 1.10 bits per heavy atom. The number of hydrogen-bond donors (Lipinski definition) is 1. The van der Waals surface area contributed by atoms with Crippen LogP contribution < -0.4 is 10.1 Å². The molecule has 2 aromatic carbocycles. The lowest BCUT2D eigenvalue weighted by molar-refractivity contribution is -0.116. The highest BCUT2D eigenvalue weighted by atomic mass is 16.5. The van der Waals surface area contributed by atoms with Gasteiger partial charge in [-0.2, -0.15) is 0 Å². The number of nitrogens with one attached hydrogen (secondary N) is 1. The van der Waals surface area contributed by atoms with Crippen LogP contribution in [-0.2, 0) is 4.79 Å². The maximum atomic E-state index is 12.0. The van der Waals surface area contributed by atoms with E-state index in [1.165, 1.54) is 0 Å². The molecule has 1 amide bonds. The van der Waals surface area contributed by atoms with Gasteiger partial charge in [0.15, 0.2) is 0 Å². The number of ether oxygens (including phenoxy) is 1. The van der Waals surface area contributed by atoms with E-state index < -0.39 is 6.04 Å². The van der Waals surface area contributed by atoms with E-state index in [0.717, 1.165) is 28.3 Å². The van der Waals surface area contributed by atoms with Gasteiger partial charge in [0, 0.05) is 11.1 Å². The molecule has 0 aliphatic carbocycles. The van der Waals surface area contributed by atoms with Crippen molar-refractivity contribution in [3.8, 4) is 5.75 Å². The summed E-state index contributed by atoms with van der Waals surface area (Å²) in [4.78, 5) is 16.6. The van der Waals surface area contributed by atoms with Crippen molar-refractivity contribution in [3.63, 3.8) is 0 Å². The molecule has 0 spiro atoms. The standard InChI is InChI=1S/C17H16N2O2/c1-11-17(20)19-15-6-4-3-5-14(15)16(18-11)12-7-9-13(21-2)10-8-12/h3-11H,1-2H3,(H,19,20)/t11-/m0/s1. The van der Waals surface area contributed by atoms with Gasteiger partial charge in [-0.05, 0) is 37.3 Å². The molecule has 106 valence electrons. The first-order valence-corrected chi connectivity index (χ1v) is 6.81. The number of carbonyl (C=O) groups is 1. The molecule has 2 aromatic rings. The molecule has 4 nitrogen and oxygen atoms in total. The Morgan fingerprint density at radius 2 is 1.81 bits per heavy atom. The lowest BCUT2D eigenvalue weighted by Gasteiger charge is -2.10. The summed E-state index contributed by atoms with van der Waals surface area (Å²) in [6.07, 6.45) is 0. The number of hydrogen-bond acceptors (Lipinski definition) is 3. The van der Waals surface area contributed by atoms with Gasteiger partial charge in [0.05, 0.1) is 18.5 Å². The molecule has 1 aliphatic heterocycles. The monoisotopic (exact) mass is 280 g/mol. The Morgan fingerprint density at radius 3 is 2.52 bits per heavy atom. The number of benzene rings is 2. The topological polar surface area (TPSA) is 50.7 Å². The smallest absolute Gasteiger partial charge is 0.248 e. The Labute approximate surface area is 123 Å². The highest BCUT2D eigenvalue weighted by molar-refractivity contribution is 6.19. The van der Waals surface area contributed by atoms with Crippen LogP contribution in [0.4, 0.5) is 5.69 Å². The normalized spacial score (nSPS) is 17.3. The summed E-state index contributed by atoms with van der Waals surface area (Å²) in [5.41, 5.74) is 3.51. The van der Waals surface area contributed by atoms with Gasteiger partial charge < -0.3 is 10.1 Å². The number of methoxy groups -OCH3 is 1. The zero-order valence-corrected chi connectivity index (χ0v) is 12.0. The van der Waals surface area contributed by atoms with Gasteiger partial charge >= 0.3 is 0 Å². The number of fused-ring (bicyclic) bond motifs is 1. The fraction of sp³-hybridized carbons (Fsp3) is 0.176. The van der Waals surface area contributed by atoms with E-state index in [4.69, 9.17) is 4.74 Å². The summed E-state index contributed by atoms with van der Waals surface area (Å²) < 4.78 is 5.18. The van der Waals surface area contributed by atoms with Crippen LogP contribution in [0.15, 0.2) is 53.5 Å². The third kappa shape index (κ3) is 2.52. The van der Waals surface area contributed by atoms with Crippen LogP contribution in [0.3, 0.4) is 0 Å². The predicted molar refractivity (Wildman–Crippen MR) is 83.2 cm³/mol. The minimum atomic E-state index is -0.422. The van der Waals surface area contributed by atoms with Crippen molar-refractivity contribution in [2.45, 2.75) is 13.0 Å². The zero-order chi connectivity index (χ0) is 14.8. The maximum Gasteiger partial charge on any atom is 0.248 e. The minimum Gasteiger partial charge on any atom is -0.497 e. The summed E-state index contributed by atoms with van der Waals surface area (Å²) in [5, 5.41) is 2.92. The molecule has 0 aromatic heterocycles. The first kappa shape index (κ1) is 13.4. The number of para-hydroxylation sites is 1. The molecule has 0 saturated heterocycles. The fourth-order valence-corrected chi connectivity index (χ4v) is 2.34. The van der Waals surface area contributed by atoms with Gasteiger partial charge in [-0.25, -0.2) is 0 Å². The van der Waals surface area contributed by atoms with Crippen LogP contribution in [0, 0.1) is 0 Å². The second-order valence-corrected chi connectivity index (χ2v) is 4.92. The van der Waals surface area contributed by atoms with Crippen molar-refractivity contribution in [2.75, 3.05) is 12.4 Å². The third-order valence-corrected chi connectivity index (χ3v) is 3.51. The van der Waals surface area contributed by atoms with Crippen molar-refractivity contribution >= 4 is 17.3 Å². The van der Waals surface area contributed by atoms with Crippen LogP contribution in [0.5, 0.6) is 5.75 Å². The highest BCUT2D eigenvalue weighted by Gasteiger charge is 2.22. The van der Waals surface area contributed by atoms with Crippen molar-refractivity contribution < 1.29 is 9.53 Å². The molecule has 1 aliphatic rings. The van der Waals surface area contributed by atoms with Gasteiger partial charge in [0.25, 0.3) is 0 Å². The summed E-state index contributed by atoms with van der Waals surface area (Å²) in [5.74, 6) is 0.703. The van der Waals surface area contributed by atoms with Gasteiger partial charge in [-0.1, -0.05) is 18.2 Å². The number of benzodiazepines with no additional fused rings is 1. The number of nitrogens with zero attached hydrogens (tertiary/aromatic N) is 1. The molecule has 0 fully saturated rings. The molecular formula is C17H16N2O2. The van der Waals surface area contributed by atoms with Crippen LogP contribution in [0.1, 0.15) is 18.1 Å². The molecule has 1 heterocycles.